The molecule has 0 saturated carbocycles. The Kier molecular flexibility index (Phi) is 5.28. The van der Waals surface area contributed by atoms with E-state index in [0.717, 1.165) is 11.3 Å². The van der Waals surface area contributed by atoms with E-state index in [1.165, 1.54) is 42.5 Å². The highest BCUT2D eigenvalue weighted by atomic mass is 127. The molecule has 0 aliphatic heterocycles. The van der Waals surface area contributed by atoms with Crippen LogP contribution in [0.2, 0.25) is 0 Å². The monoisotopic (exact) mass is 480 g/mol. The highest BCUT2D eigenvalue weighted by Gasteiger charge is 2.42. The Balaban J connectivity index is 2.10. The van der Waals surface area contributed by atoms with Crippen LogP contribution in [0.15, 0.2) is 70.3 Å². The lowest BCUT2D eigenvalue weighted by atomic mass is 10.4. The minimum atomic E-state index is -4.09. The maximum atomic E-state index is 14.2. The van der Waals surface area contributed by atoms with Crippen molar-refractivity contribution in [3.63, 3.8) is 0 Å². The second kappa shape index (κ2) is 7.26. The molecule has 0 bridgehead atoms. The van der Waals surface area contributed by atoms with Gasteiger partial charge in [-0.3, -0.25) is 0 Å². The third kappa shape index (κ3) is 3.66. The SMILES string of the molecule is O=S(=O)(O[I+](c1ccccc1F)c1ccccc1F)c1cccs1. The number of benzene rings is 2. The summed E-state index contributed by atoms with van der Waals surface area (Å²) in [6, 6.07) is 14.4. The first kappa shape index (κ1) is 17.5. The summed E-state index contributed by atoms with van der Waals surface area (Å²) in [7, 11) is -4.09. The van der Waals surface area contributed by atoms with E-state index in [-0.39, 0.29) is 11.3 Å². The summed E-state index contributed by atoms with van der Waals surface area (Å²) in [6.07, 6.45) is 0. The molecule has 0 aliphatic rings. The Bertz CT molecular complexity index is 898. The van der Waals surface area contributed by atoms with Crippen molar-refractivity contribution in [3.8, 4) is 0 Å². The predicted molar refractivity (Wildman–Crippen MR) is 82.8 cm³/mol. The van der Waals surface area contributed by atoms with Crippen molar-refractivity contribution in [2.45, 2.75) is 4.21 Å². The van der Waals surface area contributed by atoms with Crippen molar-refractivity contribution in [3.05, 3.63) is 84.8 Å². The fraction of sp³-hybridized carbons (Fsp3) is 0. The molecule has 0 fully saturated rings. The van der Waals surface area contributed by atoms with Crippen LogP contribution in [0.5, 0.6) is 0 Å². The minimum absolute atomic E-state index is 0.0116. The average Bonchev–Trinajstić information content (AvgIpc) is 3.10. The van der Waals surface area contributed by atoms with Crippen LogP contribution < -0.4 is 20.2 Å². The summed E-state index contributed by atoms with van der Waals surface area (Å²) in [5, 5.41) is 1.60. The highest BCUT2D eigenvalue weighted by molar-refractivity contribution is 7.88. The molecule has 0 amide bonds. The first-order valence-corrected chi connectivity index (χ1v) is 12.0. The van der Waals surface area contributed by atoms with Crippen molar-refractivity contribution in [2.75, 3.05) is 0 Å². The molecule has 1 radical (unpaired) electrons. The Hall–Kier alpha value is -1.36. The van der Waals surface area contributed by atoms with Crippen molar-refractivity contribution >= 4 is 21.5 Å². The lowest BCUT2D eigenvalue weighted by Gasteiger charge is -2.06. The molecule has 0 unspecified atom stereocenters. The van der Waals surface area contributed by atoms with Crippen LogP contribution in [0.4, 0.5) is 8.78 Å². The lowest BCUT2D eigenvalue weighted by Crippen LogP contribution is -3.86. The number of hydrogen-bond acceptors (Lipinski definition) is 4. The number of hydrogen-bond donors (Lipinski definition) is 0. The van der Waals surface area contributed by atoms with Crippen molar-refractivity contribution in [1.29, 1.82) is 0 Å². The maximum absolute atomic E-state index is 14.2. The van der Waals surface area contributed by atoms with Gasteiger partial charge in [-0.25, -0.2) is 8.78 Å². The fourth-order valence-corrected chi connectivity index (χ4v) is 10.2. The Labute approximate surface area is 150 Å². The van der Waals surface area contributed by atoms with E-state index >= 15 is 0 Å². The fourth-order valence-electron chi connectivity index (χ4n) is 1.85. The Morgan fingerprint density at radius 3 is 1.83 bits per heavy atom. The van der Waals surface area contributed by atoms with Gasteiger partial charge in [-0.05, 0) is 38.2 Å². The zero-order valence-electron chi connectivity index (χ0n) is 12.0. The van der Waals surface area contributed by atoms with Crippen LogP contribution in [0, 0.1) is 18.8 Å². The van der Waals surface area contributed by atoms with Gasteiger partial charge >= 0.3 is 30.4 Å². The van der Waals surface area contributed by atoms with Crippen LogP contribution >= 0.6 is 11.3 Å². The van der Waals surface area contributed by atoms with Crippen LogP contribution in [0.25, 0.3) is 0 Å². The summed E-state index contributed by atoms with van der Waals surface area (Å²) in [5.74, 6) is -1.21. The molecule has 1 heterocycles. The van der Waals surface area contributed by atoms with Gasteiger partial charge in [0, 0.05) is 0 Å². The summed E-state index contributed by atoms with van der Waals surface area (Å²) in [5.41, 5.74) is 0. The molecular formula is C16H11F2IO3S2+. The van der Waals surface area contributed by atoms with Crippen molar-refractivity contribution in [2.24, 2.45) is 0 Å². The average molecular weight is 480 g/mol. The number of halogens is 3. The van der Waals surface area contributed by atoms with Gasteiger partial charge in [-0.1, -0.05) is 30.3 Å². The second-order valence-corrected chi connectivity index (χ2v) is 12.0. The third-order valence-electron chi connectivity index (χ3n) is 2.91. The molecule has 24 heavy (non-hydrogen) atoms. The summed E-state index contributed by atoms with van der Waals surface area (Å²) in [4.78, 5) is 0. The Morgan fingerprint density at radius 2 is 1.38 bits per heavy atom. The van der Waals surface area contributed by atoms with E-state index in [1.807, 2.05) is 0 Å². The molecule has 2 aromatic carbocycles. The quantitative estimate of drug-likeness (QED) is 0.513. The third-order valence-corrected chi connectivity index (χ3v) is 11.7. The van der Waals surface area contributed by atoms with E-state index in [0.29, 0.717) is 0 Å². The van der Waals surface area contributed by atoms with Gasteiger partial charge in [0.25, 0.3) is 0 Å². The van der Waals surface area contributed by atoms with Crippen LogP contribution in [-0.2, 0) is 12.6 Å². The molecule has 0 spiro atoms. The second-order valence-electron chi connectivity index (χ2n) is 4.53. The van der Waals surface area contributed by atoms with E-state index < -0.39 is 42.0 Å². The first-order chi connectivity index (χ1) is 11.5. The smallest absolute Gasteiger partial charge is 0.202 e. The zero-order chi connectivity index (χ0) is 17.2. The molecule has 0 atom stereocenters. The Morgan fingerprint density at radius 1 is 0.833 bits per heavy atom. The molecule has 3 rings (SSSR count). The molecule has 8 heteroatoms. The van der Waals surface area contributed by atoms with Gasteiger partial charge < -0.3 is 0 Å². The number of thiophene rings is 1. The van der Waals surface area contributed by atoms with Gasteiger partial charge in [0.2, 0.25) is 7.14 Å². The van der Waals surface area contributed by atoms with E-state index in [2.05, 4.69) is 0 Å². The van der Waals surface area contributed by atoms with Gasteiger partial charge in [0.1, 0.15) is 0 Å². The predicted octanol–water partition coefficient (Wildman–Crippen LogP) is 1.01. The minimum Gasteiger partial charge on any atom is -0.202 e. The van der Waals surface area contributed by atoms with E-state index in [9.17, 15) is 17.2 Å². The normalized spacial score (nSPS) is 11.8. The van der Waals surface area contributed by atoms with E-state index in [4.69, 9.17) is 2.51 Å². The van der Waals surface area contributed by atoms with Crippen LogP contribution in [-0.4, -0.2) is 8.42 Å². The first-order valence-electron chi connectivity index (χ1n) is 6.66. The number of rotatable bonds is 5. The van der Waals surface area contributed by atoms with E-state index in [1.54, 1.807) is 23.6 Å². The standard InChI is InChI=1S/C16H11F2IO3S2/c17-12-6-1-3-8-14(12)19(15-9-4-2-7-13(15)18)22-24(20,21)16-10-5-11-23-16/h1-11H/q+1. The lowest BCUT2D eigenvalue weighted by molar-refractivity contribution is -1.03. The van der Waals surface area contributed by atoms with Gasteiger partial charge in [-0.2, -0.15) is 8.42 Å². The molecule has 3 nitrogen and oxygen atoms in total. The molecule has 125 valence electrons. The van der Waals surface area contributed by atoms with Gasteiger partial charge in [0.15, 0.2) is 15.8 Å². The highest BCUT2D eigenvalue weighted by Crippen LogP contribution is 2.16. The molecular weight excluding hydrogens is 469 g/mol. The largest absolute Gasteiger partial charge is 0.345 e. The summed E-state index contributed by atoms with van der Waals surface area (Å²) < 4.78 is 58.9. The summed E-state index contributed by atoms with van der Waals surface area (Å²) >= 11 is -2.35. The molecule has 3 aromatic rings. The van der Waals surface area contributed by atoms with Crippen LogP contribution in [0.1, 0.15) is 0 Å². The molecule has 0 N–H and O–H groups in total. The van der Waals surface area contributed by atoms with Crippen molar-refractivity contribution in [1.82, 2.24) is 0 Å². The molecule has 0 saturated heterocycles. The summed E-state index contributed by atoms with van der Waals surface area (Å²) in [6.45, 7) is 0. The van der Waals surface area contributed by atoms with Gasteiger partial charge in [-0.15, -0.1) is 11.3 Å². The molecule has 1 aromatic heterocycles. The topological polar surface area (TPSA) is 43.4 Å². The maximum Gasteiger partial charge on any atom is 0.345 e. The van der Waals surface area contributed by atoms with Crippen LogP contribution in [0.3, 0.4) is 0 Å². The molecule has 0 aliphatic carbocycles. The van der Waals surface area contributed by atoms with Gasteiger partial charge in [0.05, 0.1) is 0 Å². The van der Waals surface area contributed by atoms with Crippen molar-refractivity contribution < 1.29 is 39.9 Å². The zero-order valence-corrected chi connectivity index (χ0v) is 15.8.